The van der Waals surface area contributed by atoms with Crippen molar-refractivity contribution in [3.05, 3.63) is 48.7 Å². The number of thiol groups is 1. The fraction of sp³-hybridized carbons (Fsp3) is 0.143. The van der Waals surface area contributed by atoms with Crippen molar-refractivity contribution < 1.29 is 4.79 Å². The maximum Gasteiger partial charge on any atom is 0.234 e. The Morgan fingerprint density at radius 2 is 2.00 bits per heavy atom. The third-order valence-corrected chi connectivity index (χ3v) is 2.95. The Hall–Kier alpha value is -2.01. The SMILES string of the molecule is CN(c1ccccc1)c1ccc(NC(=O)CS)cn1. The van der Waals surface area contributed by atoms with E-state index in [0.29, 0.717) is 5.69 Å². The van der Waals surface area contributed by atoms with Gasteiger partial charge in [-0.25, -0.2) is 4.98 Å². The van der Waals surface area contributed by atoms with Crippen LogP contribution >= 0.6 is 12.6 Å². The molecule has 1 N–H and O–H groups in total. The molecule has 98 valence electrons. The van der Waals surface area contributed by atoms with Gasteiger partial charge in [0.05, 0.1) is 17.6 Å². The lowest BCUT2D eigenvalue weighted by Gasteiger charge is -2.18. The standard InChI is InChI=1S/C14H15N3OS/c1-17(12-5-3-2-4-6-12)13-8-7-11(9-15-13)16-14(18)10-19/h2-9,19H,10H2,1H3,(H,16,18). The minimum atomic E-state index is -0.144. The summed E-state index contributed by atoms with van der Waals surface area (Å²) < 4.78 is 0. The number of anilines is 3. The van der Waals surface area contributed by atoms with Crippen molar-refractivity contribution in [2.75, 3.05) is 23.0 Å². The largest absolute Gasteiger partial charge is 0.329 e. The molecular formula is C14H15N3OS. The molecule has 1 aromatic heterocycles. The Labute approximate surface area is 117 Å². The maximum atomic E-state index is 11.2. The second kappa shape index (κ2) is 6.24. The topological polar surface area (TPSA) is 45.2 Å². The molecule has 0 bridgehead atoms. The van der Waals surface area contributed by atoms with Crippen LogP contribution in [0, 0.1) is 0 Å². The smallest absolute Gasteiger partial charge is 0.234 e. The van der Waals surface area contributed by atoms with E-state index in [-0.39, 0.29) is 11.7 Å². The summed E-state index contributed by atoms with van der Waals surface area (Å²) in [5.74, 6) is 0.829. The first-order valence-electron chi connectivity index (χ1n) is 5.86. The third-order valence-electron chi connectivity index (χ3n) is 2.66. The summed E-state index contributed by atoms with van der Waals surface area (Å²) in [5, 5.41) is 2.70. The Balaban J connectivity index is 2.12. The molecule has 4 nitrogen and oxygen atoms in total. The lowest BCUT2D eigenvalue weighted by molar-refractivity contribution is -0.113. The van der Waals surface area contributed by atoms with Crippen molar-refractivity contribution in [3.63, 3.8) is 0 Å². The number of hydrogen-bond acceptors (Lipinski definition) is 4. The zero-order valence-corrected chi connectivity index (χ0v) is 11.5. The quantitative estimate of drug-likeness (QED) is 0.842. The molecule has 0 aliphatic carbocycles. The molecule has 0 spiro atoms. The van der Waals surface area contributed by atoms with Gasteiger partial charge in [0.1, 0.15) is 5.82 Å². The van der Waals surface area contributed by atoms with Gasteiger partial charge in [-0.2, -0.15) is 12.6 Å². The van der Waals surface area contributed by atoms with Gasteiger partial charge in [0.2, 0.25) is 5.91 Å². The second-order valence-electron chi connectivity index (χ2n) is 4.01. The number of benzene rings is 1. The molecule has 19 heavy (non-hydrogen) atoms. The minimum absolute atomic E-state index is 0.144. The fourth-order valence-corrected chi connectivity index (χ4v) is 1.72. The zero-order valence-electron chi connectivity index (χ0n) is 10.6. The highest BCUT2D eigenvalue weighted by Gasteiger charge is 2.05. The predicted molar refractivity (Wildman–Crippen MR) is 81.2 cm³/mol. The molecule has 5 heteroatoms. The number of aromatic nitrogens is 1. The van der Waals surface area contributed by atoms with E-state index >= 15 is 0 Å². The highest BCUT2D eigenvalue weighted by Crippen LogP contribution is 2.21. The Bertz CT molecular complexity index is 542. The van der Waals surface area contributed by atoms with Crippen molar-refractivity contribution in [1.29, 1.82) is 0 Å². The van der Waals surface area contributed by atoms with Crippen molar-refractivity contribution >= 4 is 35.7 Å². The van der Waals surface area contributed by atoms with Crippen molar-refractivity contribution in [3.8, 4) is 0 Å². The van der Waals surface area contributed by atoms with Gasteiger partial charge in [0.15, 0.2) is 0 Å². The van der Waals surface area contributed by atoms with Crippen LogP contribution in [0.1, 0.15) is 0 Å². The predicted octanol–water partition coefficient (Wildman–Crippen LogP) is 2.72. The average molecular weight is 273 g/mol. The molecule has 0 fully saturated rings. The highest BCUT2D eigenvalue weighted by atomic mass is 32.1. The van der Waals surface area contributed by atoms with Crippen molar-refractivity contribution in [2.45, 2.75) is 0 Å². The van der Waals surface area contributed by atoms with Gasteiger partial charge in [-0.1, -0.05) is 18.2 Å². The number of amides is 1. The number of carbonyl (C=O) groups excluding carboxylic acids is 1. The van der Waals surface area contributed by atoms with Gasteiger partial charge in [-0.05, 0) is 24.3 Å². The fourth-order valence-electron chi connectivity index (χ4n) is 1.64. The molecule has 1 amide bonds. The number of nitrogens with zero attached hydrogens (tertiary/aromatic N) is 2. The summed E-state index contributed by atoms with van der Waals surface area (Å²) in [6.07, 6.45) is 1.64. The van der Waals surface area contributed by atoms with Crippen LogP contribution in [-0.4, -0.2) is 23.7 Å². The average Bonchev–Trinajstić information content (AvgIpc) is 2.48. The van der Waals surface area contributed by atoms with E-state index < -0.39 is 0 Å². The van der Waals surface area contributed by atoms with Gasteiger partial charge >= 0.3 is 0 Å². The number of rotatable bonds is 4. The van der Waals surface area contributed by atoms with Crippen LogP contribution in [0.15, 0.2) is 48.7 Å². The summed E-state index contributed by atoms with van der Waals surface area (Å²) in [6, 6.07) is 13.6. The first-order chi connectivity index (χ1) is 9.20. The summed E-state index contributed by atoms with van der Waals surface area (Å²) in [6.45, 7) is 0. The molecule has 0 unspecified atom stereocenters. The number of para-hydroxylation sites is 1. The molecule has 1 aromatic carbocycles. The van der Waals surface area contributed by atoms with Gasteiger partial charge in [0, 0.05) is 12.7 Å². The number of hydrogen-bond donors (Lipinski definition) is 2. The molecule has 0 atom stereocenters. The van der Waals surface area contributed by atoms with E-state index in [2.05, 4.69) is 22.9 Å². The minimum Gasteiger partial charge on any atom is -0.329 e. The molecule has 2 aromatic rings. The molecule has 0 saturated heterocycles. The van der Waals surface area contributed by atoms with Crippen molar-refractivity contribution in [1.82, 2.24) is 4.98 Å². The van der Waals surface area contributed by atoms with Gasteiger partial charge in [-0.15, -0.1) is 0 Å². The lowest BCUT2D eigenvalue weighted by Crippen LogP contribution is -2.14. The zero-order chi connectivity index (χ0) is 13.7. The van der Waals surface area contributed by atoms with Gasteiger partial charge in [-0.3, -0.25) is 4.79 Å². The van der Waals surface area contributed by atoms with Gasteiger partial charge < -0.3 is 10.2 Å². The Morgan fingerprint density at radius 1 is 1.26 bits per heavy atom. The van der Waals surface area contributed by atoms with E-state index in [9.17, 15) is 4.79 Å². The first kappa shape index (κ1) is 13.4. The lowest BCUT2D eigenvalue weighted by atomic mass is 10.3. The molecule has 0 aliphatic heterocycles. The van der Waals surface area contributed by atoms with Crippen LogP contribution in [0.4, 0.5) is 17.2 Å². The van der Waals surface area contributed by atoms with E-state index in [1.807, 2.05) is 54.4 Å². The van der Waals surface area contributed by atoms with E-state index in [1.54, 1.807) is 6.20 Å². The number of nitrogens with one attached hydrogen (secondary N) is 1. The van der Waals surface area contributed by atoms with Crippen LogP contribution in [0.3, 0.4) is 0 Å². The van der Waals surface area contributed by atoms with E-state index in [1.165, 1.54) is 0 Å². The van der Waals surface area contributed by atoms with Crippen LogP contribution in [0.2, 0.25) is 0 Å². The van der Waals surface area contributed by atoms with Gasteiger partial charge in [0.25, 0.3) is 0 Å². The molecule has 0 radical (unpaired) electrons. The number of pyridine rings is 1. The Kier molecular flexibility index (Phi) is 4.41. The van der Waals surface area contributed by atoms with Crippen LogP contribution in [-0.2, 0) is 4.79 Å². The monoisotopic (exact) mass is 273 g/mol. The molecular weight excluding hydrogens is 258 g/mol. The van der Waals surface area contributed by atoms with Crippen LogP contribution in [0.25, 0.3) is 0 Å². The van der Waals surface area contributed by atoms with Crippen LogP contribution < -0.4 is 10.2 Å². The maximum absolute atomic E-state index is 11.2. The van der Waals surface area contributed by atoms with E-state index in [4.69, 9.17) is 0 Å². The summed E-state index contributed by atoms with van der Waals surface area (Å²) in [5.41, 5.74) is 1.73. The third kappa shape index (κ3) is 3.48. The van der Waals surface area contributed by atoms with E-state index in [0.717, 1.165) is 11.5 Å². The normalized spacial score (nSPS) is 10.0. The van der Waals surface area contributed by atoms with Crippen LogP contribution in [0.5, 0.6) is 0 Å². The van der Waals surface area contributed by atoms with Crippen molar-refractivity contribution in [2.24, 2.45) is 0 Å². The number of carbonyl (C=O) groups is 1. The summed E-state index contributed by atoms with van der Waals surface area (Å²) >= 11 is 3.91. The highest BCUT2D eigenvalue weighted by molar-refractivity contribution is 7.81. The Morgan fingerprint density at radius 3 is 2.58 bits per heavy atom. The molecule has 0 saturated carbocycles. The second-order valence-corrected chi connectivity index (χ2v) is 4.32. The first-order valence-corrected chi connectivity index (χ1v) is 6.49. The molecule has 1 heterocycles. The summed E-state index contributed by atoms with van der Waals surface area (Å²) in [4.78, 5) is 17.5. The molecule has 0 aliphatic rings. The molecule has 2 rings (SSSR count). The summed E-state index contributed by atoms with van der Waals surface area (Å²) in [7, 11) is 1.95.